The van der Waals surface area contributed by atoms with Gasteiger partial charge in [0.25, 0.3) is 0 Å². The highest BCUT2D eigenvalue weighted by Gasteiger charge is 2.22. The number of ether oxygens (including phenoxy) is 1. The summed E-state index contributed by atoms with van der Waals surface area (Å²) in [5.74, 6) is 1.19. The molecule has 1 fully saturated rings. The van der Waals surface area contributed by atoms with Crippen molar-refractivity contribution in [1.29, 1.82) is 0 Å². The molecule has 1 aliphatic heterocycles. The normalized spacial score (nSPS) is 34.8. The Morgan fingerprint density at radius 1 is 1.40 bits per heavy atom. The molecule has 0 aromatic carbocycles. The first-order chi connectivity index (χ1) is 4.70. The average Bonchev–Trinajstić information content (AvgIpc) is 1.88. The highest BCUT2D eigenvalue weighted by atomic mass is 16.5. The van der Waals surface area contributed by atoms with Crippen LogP contribution in [0.2, 0.25) is 0 Å². The Labute approximate surface area is 62.2 Å². The van der Waals surface area contributed by atoms with Crippen LogP contribution in [-0.4, -0.2) is 24.4 Å². The summed E-state index contributed by atoms with van der Waals surface area (Å²) in [6.07, 6.45) is 0.693. The fourth-order valence-electron chi connectivity index (χ4n) is 1.31. The van der Waals surface area contributed by atoms with Gasteiger partial charge >= 0.3 is 0 Å². The number of hydrogen-bond acceptors (Lipinski definition) is 2. The van der Waals surface area contributed by atoms with Crippen LogP contribution in [0, 0.1) is 11.8 Å². The van der Waals surface area contributed by atoms with Crippen molar-refractivity contribution in [2.45, 2.75) is 26.4 Å². The fraction of sp³-hybridized carbons (Fsp3) is 1.00. The van der Waals surface area contributed by atoms with Crippen molar-refractivity contribution < 1.29 is 9.84 Å². The van der Waals surface area contributed by atoms with Gasteiger partial charge in [0, 0.05) is 6.61 Å². The van der Waals surface area contributed by atoms with Gasteiger partial charge in [-0.3, -0.25) is 0 Å². The smallest absolute Gasteiger partial charge is 0.0777 e. The van der Waals surface area contributed by atoms with E-state index in [1.807, 2.05) is 0 Å². The number of aliphatic hydroxyl groups excluding tert-OH is 1. The van der Waals surface area contributed by atoms with E-state index < -0.39 is 0 Å². The van der Waals surface area contributed by atoms with Gasteiger partial charge in [-0.25, -0.2) is 0 Å². The van der Waals surface area contributed by atoms with Gasteiger partial charge in [0.2, 0.25) is 0 Å². The van der Waals surface area contributed by atoms with Gasteiger partial charge in [-0.15, -0.1) is 0 Å². The third-order valence-corrected chi connectivity index (χ3v) is 2.16. The monoisotopic (exact) mass is 144 g/mol. The third-order valence-electron chi connectivity index (χ3n) is 2.16. The standard InChI is InChI=1S/C8H16O2/c1-6(2)7-3-8(9)5-10-4-7/h6-9H,3-5H2,1-2H3/t7-,8-/m1/s1. The number of hydrogen-bond donors (Lipinski definition) is 1. The Morgan fingerprint density at radius 3 is 2.50 bits per heavy atom. The largest absolute Gasteiger partial charge is 0.391 e. The van der Waals surface area contributed by atoms with Crippen LogP contribution in [-0.2, 0) is 4.74 Å². The fourth-order valence-corrected chi connectivity index (χ4v) is 1.31. The summed E-state index contributed by atoms with van der Waals surface area (Å²) < 4.78 is 5.21. The zero-order valence-electron chi connectivity index (χ0n) is 6.71. The summed E-state index contributed by atoms with van der Waals surface area (Å²) in [7, 11) is 0. The maximum absolute atomic E-state index is 9.20. The second-order valence-corrected chi connectivity index (χ2v) is 3.43. The van der Waals surface area contributed by atoms with E-state index >= 15 is 0 Å². The van der Waals surface area contributed by atoms with E-state index in [4.69, 9.17) is 4.74 Å². The predicted molar refractivity (Wildman–Crippen MR) is 39.8 cm³/mol. The van der Waals surface area contributed by atoms with Crippen LogP contribution in [0.4, 0.5) is 0 Å². The van der Waals surface area contributed by atoms with Gasteiger partial charge in [-0.05, 0) is 18.3 Å². The summed E-state index contributed by atoms with van der Waals surface area (Å²) in [6, 6.07) is 0. The molecule has 0 spiro atoms. The minimum atomic E-state index is -0.221. The molecule has 0 unspecified atom stereocenters. The van der Waals surface area contributed by atoms with Crippen molar-refractivity contribution in [2.24, 2.45) is 11.8 Å². The Hall–Kier alpha value is -0.0800. The van der Waals surface area contributed by atoms with Crippen molar-refractivity contribution in [3.63, 3.8) is 0 Å². The Bertz CT molecular complexity index is 101. The molecule has 0 radical (unpaired) electrons. The molecule has 0 saturated carbocycles. The van der Waals surface area contributed by atoms with E-state index in [1.165, 1.54) is 0 Å². The van der Waals surface area contributed by atoms with Crippen molar-refractivity contribution in [3.8, 4) is 0 Å². The zero-order valence-corrected chi connectivity index (χ0v) is 6.71. The molecule has 0 aromatic heterocycles. The quantitative estimate of drug-likeness (QED) is 0.596. The van der Waals surface area contributed by atoms with Gasteiger partial charge in [-0.1, -0.05) is 13.8 Å². The topological polar surface area (TPSA) is 29.5 Å². The summed E-state index contributed by atoms with van der Waals surface area (Å²) in [6.45, 7) is 5.70. The van der Waals surface area contributed by atoms with E-state index in [0.29, 0.717) is 18.4 Å². The molecule has 0 amide bonds. The molecule has 1 heterocycles. The SMILES string of the molecule is CC(C)[C@H]1COC[C@H](O)C1. The van der Waals surface area contributed by atoms with Crippen LogP contribution < -0.4 is 0 Å². The molecule has 2 nitrogen and oxygen atoms in total. The molecule has 60 valence electrons. The first kappa shape index (κ1) is 8.02. The molecule has 1 N–H and O–H groups in total. The summed E-state index contributed by atoms with van der Waals surface area (Å²) in [5, 5.41) is 9.20. The van der Waals surface area contributed by atoms with Crippen LogP contribution in [0.25, 0.3) is 0 Å². The predicted octanol–water partition coefficient (Wildman–Crippen LogP) is 1.04. The summed E-state index contributed by atoms with van der Waals surface area (Å²) in [5.41, 5.74) is 0. The van der Waals surface area contributed by atoms with Crippen LogP contribution in [0.3, 0.4) is 0 Å². The lowest BCUT2D eigenvalue weighted by atomic mass is 9.90. The molecule has 0 aliphatic carbocycles. The van der Waals surface area contributed by atoms with E-state index in [-0.39, 0.29) is 6.10 Å². The van der Waals surface area contributed by atoms with Crippen LogP contribution in [0.5, 0.6) is 0 Å². The number of aliphatic hydroxyl groups is 1. The molecule has 2 heteroatoms. The lowest BCUT2D eigenvalue weighted by Crippen LogP contribution is -2.31. The van der Waals surface area contributed by atoms with Crippen molar-refractivity contribution in [2.75, 3.05) is 13.2 Å². The molecule has 2 atom stereocenters. The summed E-state index contributed by atoms with van der Waals surface area (Å²) >= 11 is 0. The van der Waals surface area contributed by atoms with Crippen LogP contribution in [0.15, 0.2) is 0 Å². The zero-order chi connectivity index (χ0) is 7.56. The van der Waals surface area contributed by atoms with Crippen LogP contribution in [0.1, 0.15) is 20.3 Å². The second-order valence-electron chi connectivity index (χ2n) is 3.43. The minimum absolute atomic E-state index is 0.221. The minimum Gasteiger partial charge on any atom is -0.391 e. The molecule has 1 rings (SSSR count). The van der Waals surface area contributed by atoms with E-state index in [1.54, 1.807) is 0 Å². The van der Waals surface area contributed by atoms with E-state index in [0.717, 1.165) is 13.0 Å². The molecular formula is C8H16O2. The molecule has 10 heavy (non-hydrogen) atoms. The van der Waals surface area contributed by atoms with E-state index in [2.05, 4.69) is 13.8 Å². The van der Waals surface area contributed by atoms with Crippen molar-refractivity contribution in [3.05, 3.63) is 0 Å². The maximum atomic E-state index is 9.20. The van der Waals surface area contributed by atoms with Gasteiger partial charge in [-0.2, -0.15) is 0 Å². The first-order valence-corrected chi connectivity index (χ1v) is 3.96. The van der Waals surface area contributed by atoms with Gasteiger partial charge in [0.15, 0.2) is 0 Å². The van der Waals surface area contributed by atoms with Gasteiger partial charge < -0.3 is 9.84 Å². The maximum Gasteiger partial charge on any atom is 0.0777 e. The Kier molecular flexibility index (Phi) is 2.69. The lowest BCUT2D eigenvalue weighted by molar-refractivity contribution is -0.0470. The van der Waals surface area contributed by atoms with Gasteiger partial charge in [0.1, 0.15) is 0 Å². The van der Waals surface area contributed by atoms with Crippen LogP contribution >= 0.6 is 0 Å². The van der Waals surface area contributed by atoms with Crippen molar-refractivity contribution >= 4 is 0 Å². The second kappa shape index (κ2) is 3.35. The number of rotatable bonds is 1. The molecule has 0 bridgehead atoms. The van der Waals surface area contributed by atoms with E-state index in [9.17, 15) is 5.11 Å². The highest BCUT2D eigenvalue weighted by Crippen LogP contribution is 2.21. The molecule has 1 saturated heterocycles. The van der Waals surface area contributed by atoms with Crippen molar-refractivity contribution in [1.82, 2.24) is 0 Å². The van der Waals surface area contributed by atoms with Gasteiger partial charge in [0.05, 0.1) is 12.7 Å². The lowest BCUT2D eigenvalue weighted by Gasteiger charge is -2.28. The first-order valence-electron chi connectivity index (χ1n) is 3.96. The average molecular weight is 144 g/mol. The summed E-state index contributed by atoms with van der Waals surface area (Å²) in [4.78, 5) is 0. The third kappa shape index (κ3) is 1.96. The molecule has 1 aliphatic rings. The molecular weight excluding hydrogens is 128 g/mol. The Balaban J connectivity index is 2.32. The Morgan fingerprint density at radius 2 is 2.10 bits per heavy atom. The molecule has 0 aromatic rings. The highest BCUT2D eigenvalue weighted by molar-refractivity contribution is 4.71.